The number of hydrogen-bond donors (Lipinski definition) is 2. The molecule has 2 aliphatic rings. The van der Waals surface area contributed by atoms with Gasteiger partial charge in [0.05, 0.1) is 0 Å². The second-order valence-corrected chi connectivity index (χ2v) is 6.49. The second-order valence-electron chi connectivity index (χ2n) is 6.49. The molecule has 2 atom stereocenters. The van der Waals surface area contributed by atoms with Gasteiger partial charge in [-0.25, -0.2) is 4.79 Å². The fraction of sp³-hybridized carbons (Fsp3) is 0.846. The highest BCUT2D eigenvalue weighted by Crippen LogP contribution is 2.41. The minimum absolute atomic E-state index is 0.331. The number of ether oxygens (including phenoxy) is 1. The first-order valence-electron chi connectivity index (χ1n) is 6.68. The molecular weight excluding hydrogens is 248 g/mol. The molecule has 108 valence electrons. The van der Waals surface area contributed by atoms with Gasteiger partial charge in [0, 0.05) is 18.5 Å². The lowest BCUT2D eigenvalue weighted by Gasteiger charge is -2.29. The lowest BCUT2D eigenvalue weighted by molar-refractivity contribution is -0.141. The Labute approximate surface area is 113 Å². The van der Waals surface area contributed by atoms with Crippen LogP contribution < -0.4 is 5.32 Å². The molecule has 1 amide bonds. The molecule has 2 rings (SSSR count). The van der Waals surface area contributed by atoms with E-state index in [0.717, 1.165) is 12.8 Å². The Morgan fingerprint density at radius 3 is 2.63 bits per heavy atom. The molecule has 0 radical (unpaired) electrons. The van der Waals surface area contributed by atoms with Gasteiger partial charge in [0.15, 0.2) is 0 Å². The summed E-state index contributed by atoms with van der Waals surface area (Å²) in [6, 6.07) is -0.556. The Morgan fingerprint density at radius 1 is 1.37 bits per heavy atom. The summed E-state index contributed by atoms with van der Waals surface area (Å²) in [5, 5.41) is 12.3. The van der Waals surface area contributed by atoms with E-state index in [9.17, 15) is 14.7 Å². The van der Waals surface area contributed by atoms with Crippen LogP contribution in [0.1, 0.15) is 33.6 Å². The number of nitrogens with zero attached hydrogens (tertiary/aromatic N) is 1. The SMILES string of the molecule is CC(C)(C)OC(=O)N1CCC2(CCNC2C(=O)O)C1. The Balaban J connectivity index is 2.03. The van der Waals surface area contributed by atoms with E-state index >= 15 is 0 Å². The third-order valence-corrected chi connectivity index (χ3v) is 3.87. The van der Waals surface area contributed by atoms with Crippen molar-refractivity contribution in [1.82, 2.24) is 10.2 Å². The number of rotatable bonds is 1. The van der Waals surface area contributed by atoms with Crippen molar-refractivity contribution in [2.24, 2.45) is 5.41 Å². The van der Waals surface area contributed by atoms with Gasteiger partial charge in [-0.3, -0.25) is 4.79 Å². The quantitative estimate of drug-likeness (QED) is 0.745. The molecule has 0 bridgehead atoms. The second kappa shape index (κ2) is 4.67. The Kier molecular flexibility index (Phi) is 3.47. The number of likely N-dealkylation sites (tertiary alicyclic amines) is 1. The van der Waals surface area contributed by atoms with Crippen molar-refractivity contribution < 1.29 is 19.4 Å². The average molecular weight is 270 g/mol. The molecule has 6 heteroatoms. The summed E-state index contributed by atoms with van der Waals surface area (Å²) < 4.78 is 5.34. The van der Waals surface area contributed by atoms with Gasteiger partial charge in [0.25, 0.3) is 0 Å². The van der Waals surface area contributed by atoms with Crippen molar-refractivity contribution in [1.29, 1.82) is 0 Å². The van der Waals surface area contributed by atoms with E-state index in [0.29, 0.717) is 19.6 Å². The zero-order valence-electron chi connectivity index (χ0n) is 11.7. The molecule has 2 fully saturated rings. The largest absolute Gasteiger partial charge is 0.480 e. The van der Waals surface area contributed by atoms with Gasteiger partial charge < -0.3 is 20.1 Å². The van der Waals surface area contributed by atoms with Crippen molar-refractivity contribution >= 4 is 12.1 Å². The number of carbonyl (C=O) groups is 2. The third-order valence-electron chi connectivity index (χ3n) is 3.87. The molecule has 2 unspecified atom stereocenters. The maximum Gasteiger partial charge on any atom is 0.410 e. The number of nitrogens with one attached hydrogen (secondary N) is 1. The molecule has 2 saturated heterocycles. The number of aliphatic carboxylic acids is 1. The molecule has 6 nitrogen and oxygen atoms in total. The van der Waals surface area contributed by atoms with Crippen LogP contribution in [-0.2, 0) is 9.53 Å². The molecule has 2 N–H and O–H groups in total. The van der Waals surface area contributed by atoms with E-state index in [-0.39, 0.29) is 11.5 Å². The van der Waals surface area contributed by atoms with Gasteiger partial charge in [0.2, 0.25) is 0 Å². The average Bonchev–Trinajstić information content (AvgIpc) is 2.84. The normalized spacial score (nSPS) is 30.9. The van der Waals surface area contributed by atoms with Crippen LogP contribution in [0, 0.1) is 5.41 Å². The van der Waals surface area contributed by atoms with Crippen molar-refractivity contribution in [2.45, 2.75) is 45.3 Å². The fourth-order valence-electron chi connectivity index (χ4n) is 2.99. The fourth-order valence-corrected chi connectivity index (χ4v) is 2.99. The van der Waals surface area contributed by atoms with Gasteiger partial charge in [0.1, 0.15) is 11.6 Å². The summed E-state index contributed by atoms with van der Waals surface area (Å²) in [7, 11) is 0. The molecule has 2 heterocycles. The molecule has 19 heavy (non-hydrogen) atoms. The Hall–Kier alpha value is -1.30. The van der Waals surface area contributed by atoms with Crippen molar-refractivity contribution in [3.8, 4) is 0 Å². The lowest BCUT2D eigenvalue weighted by atomic mass is 9.79. The van der Waals surface area contributed by atoms with E-state index < -0.39 is 17.6 Å². The highest BCUT2D eigenvalue weighted by atomic mass is 16.6. The zero-order chi connectivity index (χ0) is 14.3. The summed E-state index contributed by atoms with van der Waals surface area (Å²) >= 11 is 0. The van der Waals surface area contributed by atoms with Gasteiger partial charge in [-0.1, -0.05) is 0 Å². The van der Waals surface area contributed by atoms with E-state index in [1.807, 2.05) is 20.8 Å². The van der Waals surface area contributed by atoms with Crippen LogP contribution in [0.5, 0.6) is 0 Å². The lowest BCUT2D eigenvalue weighted by Crippen LogP contribution is -2.45. The predicted molar refractivity (Wildman–Crippen MR) is 68.9 cm³/mol. The number of carboxylic acid groups (broad SMARTS) is 1. The summed E-state index contributed by atoms with van der Waals surface area (Å²) in [6.45, 7) is 7.21. The molecule has 0 aliphatic carbocycles. The number of hydrogen-bond acceptors (Lipinski definition) is 4. The maximum absolute atomic E-state index is 12.0. The Bertz CT molecular complexity index is 391. The van der Waals surface area contributed by atoms with Gasteiger partial charge in [-0.2, -0.15) is 0 Å². The summed E-state index contributed by atoms with van der Waals surface area (Å²) in [5.74, 6) is -0.830. The van der Waals surface area contributed by atoms with Gasteiger partial charge in [-0.15, -0.1) is 0 Å². The molecule has 0 aromatic rings. The molecule has 0 aromatic carbocycles. The minimum atomic E-state index is -0.830. The summed E-state index contributed by atoms with van der Waals surface area (Å²) in [5.41, 5.74) is -0.851. The first-order chi connectivity index (χ1) is 8.73. The van der Waals surface area contributed by atoms with Crippen LogP contribution >= 0.6 is 0 Å². The maximum atomic E-state index is 12.0. The van der Waals surface area contributed by atoms with Crippen LogP contribution in [0.2, 0.25) is 0 Å². The van der Waals surface area contributed by atoms with E-state index in [2.05, 4.69) is 5.32 Å². The first-order valence-corrected chi connectivity index (χ1v) is 6.68. The van der Waals surface area contributed by atoms with Crippen LogP contribution in [0.15, 0.2) is 0 Å². The van der Waals surface area contributed by atoms with Crippen LogP contribution in [0.3, 0.4) is 0 Å². The molecule has 1 spiro atoms. The van der Waals surface area contributed by atoms with Gasteiger partial charge in [-0.05, 0) is 40.2 Å². The van der Waals surface area contributed by atoms with Crippen molar-refractivity contribution in [2.75, 3.05) is 19.6 Å². The standard InChI is InChI=1S/C13H22N2O4/c1-12(2,3)19-11(18)15-7-5-13(8-15)4-6-14-9(13)10(16)17/h9,14H,4-8H2,1-3H3,(H,16,17). The molecule has 0 saturated carbocycles. The highest BCUT2D eigenvalue weighted by molar-refractivity contribution is 5.76. The van der Waals surface area contributed by atoms with Crippen molar-refractivity contribution in [3.63, 3.8) is 0 Å². The summed E-state index contributed by atoms with van der Waals surface area (Å²) in [4.78, 5) is 24.9. The van der Waals surface area contributed by atoms with Crippen LogP contribution in [0.25, 0.3) is 0 Å². The predicted octanol–water partition coefficient (Wildman–Crippen LogP) is 1.06. The first kappa shape index (κ1) is 14.1. The topological polar surface area (TPSA) is 78.9 Å². The van der Waals surface area contributed by atoms with Gasteiger partial charge >= 0.3 is 12.1 Å². The summed E-state index contributed by atoms with van der Waals surface area (Å²) in [6.07, 6.45) is 1.17. The van der Waals surface area contributed by atoms with Crippen LogP contribution in [0.4, 0.5) is 4.79 Å². The number of carboxylic acids is 1. The Morgan fingerprint density at radius 2 is 2.05 bits per heavy atom. The number of amides is 1. The number of carbonyl (C=O) groups excluding carboxylic acids is 1. The molecular formula is C13H22N2O4. The minimum Gasteiger partial charge on any atom is -0.480 e. The third kappa shape index (κ3) is 2.83. The molecule has 2 aliphatic heterocycles. The monoisotopic (exact) mass is 270 g/mol. The van der Waals surface area contributed by atoms with Crippen molar-refractivity contribution in [3.05, 3.63) is 0 Å². The van der Waals surface area contributed by atoms with Crippen LogP contribution in [-0.4, -0.2) is 53.3 Å². The zero-order valence-corrected chi connectivity index (χ0v) is 11.7. The smallest absolute Gasteiger partial charge is 0.410 e. The molecule has 0 aromatic heterocycles. The highest BCUT2D eigenvalue weighted by Gasteiger charge is 2.52. The van der Waals surface area contributed by atoms with E-state index in [4.69, 9.17) is 4.74 Å². The van der Waals surface area contributed by atoms with E-state index in [1.165, 1.54) is 0 Å². The van der Waals surface area contributed by atoms with E-state index in [1.54, 1.807) is 4.90 Å².